The Labute approximate surface area is 145 Å². The van der Waals surface area contributed by atoms with Crippen molar-refractivity contribution in [1.29, 1.82) is 0 Å². The molecule has 4 nitrogen and oxygen atoms in total. The predicted molar refractivity (Wildman–Crippen MR) is 94.8 cm³/mol. The van der Waals surface area contributed by atoms with Gasteiger partial charge in [0.05, 0.1) is 6.10 Å². The fourth-order valence-corrected chi connectivity index (χ4v) is 5.19. The molecule has 4 heteroatoms. The van der Waals surface area contributed by atoms with Crippen LogP contribution in [-0.2, 0) is 16.6 Å². The molecular formula is C20H30N2O2. The summed E-state index contributed by atoms with van der Waals surface area (Å²) < 4.78 is 5.88. The first kappa shape index (κ1) is 16.5. The van der Waals surface area contributed by atoms with Crippen molar-refractivity contribution in [3.8, 4) is 0 Å². The van der Waals surface area contributed by atoms with Crippen LogP contribution in [0.2, 0.25) is 0 Å². The Morgan fingerprint density at radius 3 is 3.00 bits per heavy atom. The number of piperidine rings is 1. The third kappa shape index (κ3) is 2.60. The van der Waals surface area contributed by atoms with E-state index in [4.69, 9.17) is 10.5 Å². The molecule has 3 N–H and O–H groups in total. The van der Waals surface area contributed by atoms with Gasteiger partial charge in [0.2, 0.25) is 0 Å². The Morgan fingerprint density at radius 2 is 2.29 bits per heavy atom. The molecule has 5 atom stereocenters. The van der Waals surface area contributed by atoms with Gasteiger partial charge in [0, 0.05) is 19.2 Å². The van der Waals surface area contributed by atoms with Gasteiger partial charge in [-0.25, -0.2) is 0 Å². The Hall–Kier alpha value is -0.940. The predicted octanol–water partition coefficient (Wildman–Crippen LogP) is 2.34. The van der Waals surface area contributed by atoms with E-state index >= 15 is 0 Å². The highest BCUT2D eigenvalue weighted by molar-refractivity contribution is 5.43. The number of hydrogen-bond acceptors (Lipinski definition) is 4. The molecule has 1 aliphatic carbocycles. The standard InChI is InChI=1S/C20H30N2O2/c1-13-18-11-14-5-6-15(19(21)23)10-17(14)20(13,2)7-8-22(18)12-16-4-3-9-24-16/h5-6,10,13,16,18-19,23H,3-4,7-9,11-12,21H2,1-2H3/t13-,16+,18+,19?,20+/m0/s1. The van der Waals surface area contributed by atoms with Crippen molar-refractivity contribution in [3.63, 3.8) is 0 Å². The van der Waals surface area contributed by atoms with Crippen molar-refractivity contribution < 1.29 is 9.84 Å². The molecule has 2 bridgehead atoms. The zero-order valence-corrected chi connectivity index (χ0v) is 14.9. The lowest BCUT2D eigenvalue weighted by Crippen LogP contribution is -2.59. The number of fused-ring (bicyclic) bond motifs is 4. The van der Waals surface area contributed by atoms with Crippen LogP contribution in [0.5, 0.6) is 0 Å². The quantitative estimate of drug-likeness (QED) is 0.835. The molecule has 2 fully saturated rings. The Morgan fingerprint density at radius 1 is 1.46 bits per heavy atom. The number of hydrogen-bond donors (Lipinski definition) is 2. The largest absolute Gasteiger partial charge is 0.377 e. The van der Waals surface area contributed by atoms with E-state index in [0.29, 0.717) is 18.1 Å². The highest BCUT2D eigenvalue weighted by Crippen LogP contribution is 2.49. The van der Waals surface area contributed by atoms with Crippen LogP contribution in [0.4, 0.5) is 0 Å². The van der Waals surface area contributed by atoms with Gasteiger partial charge in [-0.3, -0.25) is 4.90 Å². The minimum Gasteiger partial charge on any atom is -0.377 e. The van der Waals surface area contributed by atoms with E-state index in [9.17, 15) is 5.11 Å². The summed E-state index contributed by atoms with van der Waals surface area (Å²) >= 11 is 0. The molecule has 1 aromatic carbocycles. The molecule has 1 unspecified atom stereocenters. The molecule has 2 aliphatic heterocycles. The average Bonchev–Trinajstić information content (AvgIpc) is 3.06. The van der Waals surface area contributed by atoms with Crippen LogP contribution >= 0.6 is 0 Å². The monoisotopic (exact) mass is 330 g/mol. The number of aliphatic hydroxyl groups excluding tert-OH is 1. The van der Waals surface area contributed by atoms with Gasteiger partial charge >= 0.3 is 0 Å². The number of nitrogens with two attached hydrogens (primary N) is 1. The molecule has 0 aromatic heterocycles. The normalized spacial score (nSPS) is 37.2. The van der Waals surface area contributed by atoms with E-state index in [1.807, 2.05) is 6.07 Å². The van der Waals surface area contributed by atoms with Gasteiger partial charge in [-0.1, -0.05) is 32.0 Å². The van der Waals surface area contributed by atoms with Crippen LogP contribution in [0.3, 0.4) is 0 Å². The lowest BCUT2D eigenvalue weighted by molar-refractivity contribution is -0.00673. The molecule has 0 radical (unpaired) electrons. The van der Waals surface area contributed by atoms with Crippen molar-refractivity contribution in [2.45, 2.75) is 63.3 Å². The van der Waals surface area contributed by atoms with Crippen LogP contribution in [0.1, 0.15) is 56.0 Å². The van der Waals surface area contributed by atoms with Crippen LogP contribution in [0.15, 0.2) is 18.2 Å². The molecule has 0 amide bonds. The molecule has 4 rings (SSSR count). The van der Waals surface area contributed by atoms with Gasteiger partial charge in [-0.15, -0.1) is 0 Å². The summed E-state index contributed by atoms with van der Waals surface area (Å²) in [5.74, 6) is 0.602. The Kier molecular flexibility index (Phi) is 4.20. The van der Waals surface area contributed by atoms with E-state index in [-0.39, 0.29) is 5.41 Å². The van der Waals surface area contributed by atoms with Crippen LogP contribution in [0.25, 0.3) is 0 Å². The van der Waals surface area contributed by atoms with Crippen molar-refractivity contribution in [3.05, 3.63) is 34.9 Å². The smallest absolute Gasteiger partial charge is 0.128 e. The third-order valence-corrected chi connectivity index (χ3v) is 6.95. The van der Waals surface area contributed by atoms with E-state index in [1.54, 1.807) is 0 Å². The summed E-state index contributed by atoms with van der Waals surface area (Å²) in [6.45, 7) is 7.96. The Bertz CT molecular complexity index is 612. The summed E-state index contributed by atoms with van der Waals surface area (Å²) in [7, 11) is 0. The molecule has 132 valence electrons. The molecule has 24 heavy (non-hydrogen) atoms. The maximum absolute atomic E-state index is 9.76. The van der Waals surface area contributed by atoms with E-state index in [2.05, 4.69) is 30.9 Å². The SMILES string of the molecule is C[C@H]1[C@H]2Cc3ccc(C(N)O)cc3[C@]1(C)CCN2C[C@H]1CCCO1. The van der Waals surface area contributed by atoms with Gasteiger partial charge in [0.25, 0.3) is 0 Å². The van der Waals surface area contributed by atoms with Gasteiger partial charge in [0.1, 0.15) is 6.23 Å². The number of likely N-dealkylation sites (tertiary alicyclic amines) is 1. The molecule has 0 saturated carbocycles. The topological polar surface area (TPSA) is 58.7 Å². The second-order valence-electron chi connectivity index (χ2n) is 8.22. The number of ether oxygens (including phenoxy) is 1. The van der Waals surface area contributed by atoms with Gasteiger partial charge in [0.15, 0.2) is 0 Å². The van der Waals surface area contributed by atoms with Crippen LogP contribution < -0.4 is 5.73 Å². The minimum atomic E-state index is -0.883. The summed E-state index contributed by atoms with van der Waals surface area (Å²) in [4.78, 5) is 2.68. The molecule has 1 aromatic rings. The number of aliphatic hydroxyl groups is 1. The molecular weight excluding hydrogens is 300 g/mol. The van der Waals surface area contributed by atoms with Gasteiger partial charge < -0.3 is 15.6 Å². The van der Waals surface area contributed by atoms with Gasteiger partial charge in [-0.05, 0) is 60.3 Å². The molecule has 2 saturated heterocycles. The van der Waals surface area contributed by atoms with E-state index in [1.165, 1.54) is 24.0 Å². The fourth-order valence-electron chi connectivity index (χ4n) is 5.19. The lowest BCUT2D eigenvalue weighted by atomic mass is 9.59. The summed E-state index contributed by atoms with van der Waals surface area (Å²) in [5, 5.41) is 9.76. The van der Waals surface area contributed by atoms with Crippen molar-refractivity contribution in [1.82, 2.24) is 4.90 Å². The van der Waals surface area contributed by atoms with E-state index < -0.39 is 6.23 Å². The van der Waals surface area contributed by atoms with Crippen molar-refractivity contribution in [2.75, 3.05) is 19.7 Å². The molecule has 2 heterocycles. The lowest BCUT2D eigenvalue weighted by Gasteiger charge is -2.55. The summed E-state index contributed by atoms with van der Waals surface area (Å²) in [6.07, 6.45) is 4.23. The second-order valence-corrected chi connectivity index (χ2v) is 8.22. The highest BCUT2D eigenvalue weighted by atomic mass is 16.5. The third-order valence-electron chi connectivity index (χ3n) is 6.95. The maximum Gasteiger partial charge on any atom is 0.128 e. The van der Waals surface area contributed by atoms with Crippen LogP contribution in [0, 0.1) is 5.92 Å². The first-order valence-electron chi connectivity index (χ1n) is 9.41. The first-order chi connectivity index (χ1) is 11.5. The molecule has 3 aliphatic rings. The number of nitrogens with zero attached hydrogens (tertiary/aromatic N) is 1. The van der Waals surface area contributed by atoms with Crippen LogP contribution in [-0.4, -0.2) is 41.8 Å². The highest BCUT2D eigenvalue weighted by Gasteiger charge is 2.48. The summed E-state index contributed by atoms with van der Waals surface area (Å²) in [6, 6.07) is 6.92. The van der Waals surface area contributed by atoms with E-state index in [0.717, 1.165) is 38.1 Å². The average molecular weight is 330 g/mol. The van der Waals surface area contributed by atoms with Crippen molar-refractivity contribution in [2.24, 2.45) is 11.7 Å². The zero-order chi connectivity index (χ0) is 16.9. The van der Waals surface area contributed by atoms with Gasteiger partial charge in [-0.2, -0.15) is 0 Å². The minimum absolute atomic E-state index is 0.177. The number of rotatable bonds is 3. The Balaban J connectivity index is 1.63. The second kappa shape index (κ2) is 6.10. The molecule has 0 spiro atoms. The number of benzene rings is 1. The van der Waals surface area contributed by atoms with Crippen molar-refractivity contribution >= 4 is 0 Å². The fraction of sp³-hybridized carbons (Fsp3) is 0.700. The maximum atomic E-state index is 9.76. The summed E-state index contributed by atoms with van der Waals surface area (Å²) in [5.41, 5.74) is 9.55. The first-order valence-corrected chi connectivity index (χ1v) is 9.41. The zero-order valence-electron chi connectivity index (χ0n) is 14.9.